The maximum Gasteiger partial charge on any atom is 0.0709 e. The van der Waals surface area contributed by atoms with Crippen LogP contribution in [0.5, 0.6) is 0 Å². The van der Waals surface area contributed by atoms with Gasteiger partial charge in [-0.3, -0.25) is 9.97 Å². The van der Waals surface area contributed by atoms with Gasteiger partial charge < -0.3 is 9.13 Å². The summed E-state index contributed by atoms with van der Waals surface area (Å²) >= 11 is 0. The van der Waals surface area contributed by atoms with Crippen molar-refractivity contribution in [2.24, 2.45) is 0 Å². The van der Waals surface area contributed by atoms with Crippen LogP contribution in [0.4, 0.5) is 0 Å². The van der Waals surface area contributed by atoms with Crippen molar-refractivity contribution in [1.29, 1.82) is 0 Å². The molecule has 4 aromatic heterocycles. The standard InChI is InChI=1S/C47H30N4/c1-3-11-34(12-4-1)50-44-17-9-7-15-36(44)38-21-19-30(24-46(38)50)42-26-40-32(28-48-42)23-33-29-49-43(27-41(33)40)31-20-22-39-37-16-8-10-18-45(37)51(47(39)25-31)35-13-5-2-6-14-35/h1-22,24-29H,23H2. The minimum absolute atomic E-state index is 0.841. The molecule has 1 aliphatic carbocycles. The van der Waals surface area contributed by atoms with E-state index >= 15 is 0 Å². The van der Waals surface area contributed by atoms with E-state index < -0.39 is 0 Å². The molecule has 6 aromatic carbocycles. The van der Waals surface area contributed by atoms with Crippen LogP contribution in [0.25, 0.3) is 88.6 Å². The monoisotopic (exact) mass is 650 g/mol. The third kappa shape index (κ3) is 4.26. The summed E-state index contributed by atoms with van der Waals surface area (Å²) in [5, 5.41) is 4.98. The van der Waals surface area contributed by atoms with Crippen molar-refractivity contribution in [2.45, 2.75) is 6.42 Å². The summed E-state index contributed by atoms with van der Waals surface area (Å²) in [6.45, 7) is 0. The smallest absolute Gasteiger partial charge is 0.0709 e. The fourth-order valence-corrected chi connectivity index (χ4v) is 8.24. The van der Waals surface area contributed by atoms with Gasteiger partial charge in [-0.1, -0.05) is 97.1 Å². The van der Waals surface area contributed by atoms with Crippen LogP contribution in [0, 0.1) is 0 Å². The van der Waals surface area contributed by atoms with Crippen LogP contribution in [-0.4, -0.2) is 19.1 Å². The van der Waals surface area contributed by atoms with E-state index in [4.69, 9.17) is 9.97 Å². The molecule has 0 saturated heterocycles. The van der Waals surface area contributed by atoms with Crippen molar-refractivity contribution in [3.63, 3.8) is 0 Å². The molecule has 238 valence electrons. The van der Waals surface area contributed by atoms with Gasteiger partial charge in [0.2, 0.25) is 0 Å². The zero-order chi connectivity index (χ0) is 33.5. The normalized spacial score (nSPS) is 12.2. The van der Waals surface area contributed by atoms with E-state index in [1.807, 2.05) is 0 Å². The fraction of sp³-hybridized carbons (Fsp3) is 0.0213. The Morgan fingerprint density at radius 1 is 0.373 bits per heavy atom. The van der Waals surface area contributed by atoms with E-state index in [1.54, 1.807) is 0 Å². The molecule has 0 atom stereocenters. The predicted octanol–water partition coefficient (Wildman–Crippen LogP) is 11.6. The molecule has 0 N–H and O–H groups in total. The summed E-state index contributed by atoms with van der Waals surface area (Å²) in [7, 11) is 0. The molecular formula is C47H30N4. The molecule has 0 saturated carbocycles. The molecule has 0 bridgehead atoms. The molecule has 0 radical (unpaired) electrons. The highest BCUT2D eigenvalue weighted by Gasteiger charge is 2.22. The number of pyridine rings is 2. The van der Waals surface area contributed by atoms with E-state index in [-0.39, 0.29) is 0 Å². The summed E-state index contributed by atoms with van der Waals surface area (Å²) < 4.78 is 4.73. The maximum atomic E-state index is 5.01. The first-order valence-electron chi connectivity index (χ1n) is 17.4. The highest BCUT2D eigenvalue weighted by molar-refractivity contribution is 6.11. The van der Waals surface area contributed by atoms with Crippen LogP contribution in [-0.2, 0) is 6.42 Å². The SMILES string of the molecule is c1ccc(-n2c3ccccc3c3ccc(-c4cc5c(cn4)Cc4cnc(-c6ccc7c8ccccc8n(-c8ccccc8)c7c6)cc4-5)cc32)cc1. The lowest BCUT2D eigenvalue weighted by molar-refractivity contribution is 1.17. The van der Waals surface area contributed by atoms with E-state index in [0.29, 0.717) is 0 Å². The van der Waals surface area contributed by atoms with E-state index in [9.17, 15) is 0 Å². The minimum Gasteiger partial charge on any atom is -0.309 e. The lowest BCUT2D eigenvalue weighted by Gasteiger charge is -2.10. The highest BCUT2D eigenvalue weighted by atomic mass is 15.0. The Bertz CT molecular complexity index is 2780. The first kappa shape index (κ1) is 28.1. The average molecular weight is 651 g/mol. The van der Waals surface area contributed by atoms with Crippen molar-refractivity contribution >= 4 is 43.6 Å². The van der Waals surface area contributed by atoms with Crippen molar-refractivity contribution in [3.8, 4) is 45.0 Å². The fourth-order valence-electron chi connectivity index (χ4n) is 8.24. The van der Waals surface area contributed by atoms with Gasteiger partial charge in [-0.15, -0.1) is 0 Å². The molecule has 4 heteroatoms. The van der Waals surface area contributed by atoms with Crippen LogP contribution in [0.1, 0.15) is 11.1 Å². The largest absolute Gasteiger partial charge is 0.309 e. The number of hydrogen-bond acceptors (Lipinski definition) is 2. The molecular weight excluding hydrogens is 621 g/mol. The maximum absolute atomic E-state index is 5.01. The molecule has 0 amide bonds. The quantitative estimate of drug-likeness (QED) is 0.190. The summed E-state index contributed by atoms with van der Waals surface area (Å²) in [6, 6.07) is 56.6. The Morgan fingerprint density at radius 2 is 0.784 bits per heavy atom. The Hall–Kier alpha value is -6.78. The third-order valence-corrected chi connectivity index (χ3v) is 10.6. The van der Waals surface area contributed by atoms with Crippen LogP contribution in [0.2, 0.25) is 0 Å². The minimum atomic E-state index is 0.841. The lowest BCUT2D eigenvalue weighted by atomic mass is 10.0. The Labute approximate surface area is 294 Å². The summed E-state index contributed by atoms with van der Waals surface area (Å²) in [5.74, 6) is 0. The van der Waals surface area contributed by atoms with E-state index in [2.05, 4.69) is 179 Å². The van der Waals surface area contributed by atoms with Gasteiger partial charge in [0.15, 0.2) is 0 Å². The predicted molar refractivity (Wildman–Crippen MR) is 210 cm³/mol. The van der Waals surface area contributed by atoms with Crippen LogP contribution in [0.3, 0.4) is 0 Å². The topological polar surface area (TPSA) is 35.6 Å². The number of aromatic nitrogens is 4. The number of benzene rings is 6. The molecule has 4 nitrogen and oxygen atoms in total. The van der Waals surface area contributed by atoms with Crippen LogP contribution in [0.15, 0.2) is 170 Å². The number of para-hydroxylation sites is 4. The second kappa shape index (κ2) is 10.9. The molecule has 10 aromatic rings. The first-order valence-corrected chi connectivity index (χ1v) is 17.4. The van der Waals surface area contributed by atoms with E-state index in [0.717, 1.165) is 40.3 Å². The van der Waals surface area contributed by atoms with Crippen LogP contribution >= 0.6 is 0 Å². The van der Waals surface area contributed by atoms with Crippen LogP contribution < -0.4 is 0 Å². The van der Waals surface area contributed by atoms with Crippen molar-refractivity contribution < 1.29 is 0 Å². The second-order valence-corrected chi connectivity index (χ2v) is 13.5. The molecule has 0 spiro atoms. The van der Waals surface area contributed by atoms with Gasteiger partial charge in [0.1, 0.15) is 0 Å². The Balaban J connectivity index is 1.03. The molecule has 4 heterocycles. The summed E-state index contributed by atoms with van der Waals surface area (Å²) in [4.78, 5) is 10.0. The number of hydrogen-bond donors (Lipinski definition) is 0. The summed E-state index contributed by atoms with van der Waals surface area (Å²) in [5.41, 5.74) is 16.2. The zero-order valence-electron chi connectivity index (χ0n) is 27.7. The van der Waals surface area contributed by atoms with Gasteiger partial charge in [0.05, 0.1) is 33.5 Å². The van der Waals surface area contributed by atoms with Gasteiger partial charge in [-0.05, 0) is 82.9 Å². The average Bonchev–Trinajstić information content (AvgIpc) is 3.85. The lowest BCUT2D eigenvalue weighted by Crippen LogP contribution is -1.94. The van der Waals surface area contributed by atoms with Gasteiger partial charge in [0, 0.05) is 62.9 Å². The second-order valence-electron chi connectivity index (χ2n) is 13.5. The van der Waals surface area contributed by atoms with Gasteiger partial charge in [-0.2, -0.15) is 0 Å². The van der Waals surface area contributed by atoms with Crippen molar-refractivity contribution in [1.82, 2.24) is 19.1 Å². The number of rotatable bonds is 4. The highest BCUT2D eigenvalue weighted by Crippen LogP contribution is 2.41. The molecule has 0 fully saturated rings. The van der Waals surface area contributed by atoms with E-state index in [1.165, 1.54) is 65.9 Å². The van der Waals surface area contributed by atoms with Gasteiger partial charge >= 0.3 is 0 Å². The number of fused-ring (bicyclic) bond motifs is 9. The zero-order valence-corrected chi connectivity index (χ0v) is 27.7. The Morgan fingerprint density at radius 3 is 1.25 bits per heavy atom. The molecule has 1 aliphatic rings. The molecule has 0 unspecified atom stereocenters. The third-order valence-electron chi connectivity index (χ3n) is 10.6. The molecule has 0 aliphatic heterocycles. The van der Waals surface area contributed by atoms with Crippen molar-refractivity contribution in [3.05, 3.63) is 181 Å². The van der Waals surface area contributed by atoms with Crippen molar-refractivity contribution in [2.75, 3.05) is 0 Å². The van der Waals surface area contributed by atoms with Gasteiger partial charge in [-0.25, -0.2) is 0 Å². The molecule has 11 rings (SSSR count). The number of nitrogens with zero attached hydrogens (tertiary/aromatic N) is 4. The Kier molecular flexibility index (Phi) is 5.98. The van der Waals surface area contributed by atoms with Gasteiger partial charge in [0.25, 0.3) is 0 Å². The molecule has 51 heavy (non-hydrogen) atoms. The first-order chi connectivity index (χ1) is 25.3. The summed E-state index contributed by atoms with van der Waals surface area (Å²) in [6.07, 6.45) is 4.96.